The highest BCUT2D eigenvalue weighted by Crippen LogP contribution is 2.16. The van der Waals surface area contributed by atoms with E-state index in [1.165, 1.54) is 0 Å². The molecule has 0 fully saturated rings. The Bertz CT molecular complexity index is 331. The second kappa shape index (κ2) is 4.26. The number of carboxylic acid groups (broad SMARTS) is 1. The van der Waals surface area contributed by atoms with Gasteiger partial charge >= 0.3 is 5.97 Å². The molecule has 1 N–H and O–H groups in total. The first kappa shape index (κ1) is 10.8. The van der Waals surface area contributed by atoms with Gasteiger partial charge in [-0.1, -0.05) is 13.3 Å². The molecular weight excluding hydrogens is 180 g/mol. The van der Waals surface area contributed by atoms with Gasteiger partial charge < -0.3 is 5.11 Å². The Kier molecular flexibility index (Phi) is 3.28. The lowest BCUT2D eigenvalue weighted by molar-refractivity contribution is -0.141. The van der Waals surface area contributed by atoms with Crippen LogP contribution >= 0.6 is 0 Å². The Labute approximate surface area is 83.5 Å². The fourth-order valence-electron chi connectivity index (χ4n) is 1.59. The van der Waals surface area contributed by atoms with Gasteiger partial charge in [0.2, 0.25) is 0 Å². The van der Waals surface area contributed by atoms with Crippen LogP contribution in [0.2, 0.25) is 0 Å². The Balaban J connectivity index is 2.98. The maximum Gasteiger partial charge on any atom is 0.328 e. The Hall–Kier alpha value is -1.32. The molecule has 1 rings (SSSR count). The predicted molar refractivity (Wildman–Crippen MR) is 53.3 cm³/mol. The van der Waals surface area contributed by atoms with E-state index in [1.807, 2.05) is 26.8 Å². The molecular formula is C10H16N2O2. The van der Waals surface area contributed by atoms with Crippen LogP contribution in [0.15, 0.2) is 6.07 Å². The summed E-state index contributed by atoms with van der Waals surface area (Å²) in [7, 11) is 0. The summed E-state index contributed by atoms with van der Waals surface area (Å²) in [5, 5.41) is 13.2. The van der Waals surface area contributed by atoms with Crippen LogP contribution in [0, 0.1) is 13.8 Å². The Morgan fingerprint density at radius 1 is 1.64 bits per heavy atom. The molecule has 0 saturated carbocycles. The number of rotatable bonds is 4. The zero-order valence-electron chi connectivity index (χ0n) is 8.82. The number of nitrogens with zero attached hydrogens (tertiary/aromatic N) is 2. The van der Waals surface area contributed by atoms with Gasteiger partial charge in [-0.2, -0.15) is 5.10 Å². The average molecular weight is 196 g/mol. The summed E-state index contributed by atoms with van der Waals surface area (Å²) >= 11 is 0. The van der Waals surface area contributed by atoms with Crippen LogP contribution in [0.3, 0.4) is 0 Å². The molecule has 0 saturated heterocycles. The molecule has 4 nitrogen and oxygen atoms in total. The van der Waals surface area contributed by atoms with Gasteiger partial charge in [-0.05, 0) is 26.3 Å². The Morgan fingerprint density at radius 3 is 2.64 bits per heavy atom. The third kappa shape index (κ3) is 2.13. The van der Waals surface area contributed by atoms with E-state index in [9.17, 15) is 4.79 Å². The fourth-order valence-corrected chi connectivity index (χ4v) is 1.59. The average Bonchev–Trinajstić information content (AvgIpc) is 2.40. The van der Waals surface area contributed by atoms with Gasteiger partial charge in [0.15, 0.2) is 0 Å². The number of carboxylic acids is 1. The number of hydrogen-bond acceptors (Lipinski definition) is 2. The molecule has 0 spiro atoms. The number of aryl methyl sites for hydroxylation is 2. The topological polar surface area (TPSA) is 55.1 Å². The van der Waals surface area contributed by atoms with Crippen LogP contribution in [0.25, 0.3) is 0 Å². The van der Waals surface area contributed by atoms with Gasteiger partial charge in [0.05, 0.1) is 5.69 Å². The van der Waals surface area contributed by atoms with E-state index in [2.05, 4.69) is 5.10 Å². The van der Waals surface area contributed by atoms with Crippen molar-refractivity contribution in [2.24, 2.45) is 0 Å². The largest absolute Gasteiger partial charge is 0.480 e. The molecule has 1 aromatic rings. The molecule has 4 heteroatoms. The molecule has 1 heterocycles. The molecule has 0 bridgehead atoms. The molecule has 1 atom stereocenters. The van der Waals surface area contributed by atoms with Gasteiger partial charge in [-0.15, -0.1) is 0 Å². The van der Waals surface area contributed by atoms with Crippen LogP contribution in [-0.2, 0) is 4.79 Å². The minimum Gasteiger partial charge on any atom is -0.480 e. The quantitative estimate of drug-likeness (QED) is 0.800. The first-order valence-corrected chi connectivity index (χ1v) is 4.81. The van der Waals surface area contributed by atoms with Crippen molar-refractivity contribution < 1.29 is 9.90 Å². The normalized spacial score (nSPS) is 12.8. The molecule has 0 aliphatic carbocycles. The number of aliphatic carboxylic acids is 1. The van der Waals surface area contributed by atoms with Gasteiger partial charge in [0.25, 0.3) is 0 Å². The third-order valence-electron chi connectivity index (χ3n) is 2.19. The van der Waals surface area contributed by atoms with Crippen molar-refractivity contribution >= 4 is 5.97 Å². The van der Waals surface area contributed by atoms with E-state index < -0.39 is 12.0 Å². The highest BCUT2D eigenvalue weighted by atomic mass is 16.4. The minimum absolute atomic E-state index is 0.520. The van der Waals surface area contributed by atoms with Crippen molar-refractivity contribution in [3.05, 3.63) is 17.5 Å². The summed E-state index contributed by atoms with van der Waals surface area (Å²) in [4.78, 5) is 11.0. The molecule has 0 radical (unpaired) electrons. The zero-order chi connectivity index (χ0) is 10.7. The van der Waals surface area contributed by atoms with Gasteiger partial charge in [-0.3, -0.25) is 4.68 Å². The van der Waals surface area contributed by atoms with Crippen LogP contribution in [0.5, 0.6) is 0 Å². The molecule has 78 valence electrons. The lowest BCUT2D eigenvalue weighted by Crippen LogP contribution is -2.21. The smallest absolute Gasteiger partial charge is 0.328 e. The Morgan fingerprint density at radius 2 is 2.29 bits per heavy atom. The van der Waals surface area contributed by atoms with Crippen LogP contribution < -0.4 is 0 Å². The lowest BCUT2D eigenvalue weighted by atomic mass is 10.1. The highest BCUT2D eigenvalue weighted by Gasteiger charge is 2.20. The summed E-state index contributed by atoms with van der Waals surface area (Å²) in [5.74, 6) is -0.807. The lowest BCUT2D eigenvalue weighted by Gasteiger charge is -2.13. The second-order valence-electron chi connectivity index (χ2n) is 3.51. The molecule has 0 amide bonds. The molecule has 0 aliphatic rings. The standard InChI is InChI=1S/C10H16N2O2/c1-4-5-9(10(13)14)12-8(3)6-7(2)11-12/h6,9H,4-5H2,1-3H3,(H,13,14)/t9-/m1/s1. The van der Waals surface area contributed by atoms with E-state index >= 15 is 0 Å². The summed E-state index contributed by atoms with van der Waals surface area (Å²) < 4.78 is 1.60. The number of hydrogen-bond donors (Lipinski definition) is 1. The van der Waals surface area contributed by atoms with Gasteiger partial charge in [0, 0.05) is 5.69 Å². The van der Waals surface area contributed by atoms with Crippen molar-refractivity contribution in [3.8, 4) is 0 Å². The zero-order valence-corrected chi connectivity index (χ0v) is 8.82. The van der Waals surface area contributed by atoms with E-state index in [0.717, 1.165) is 17.8 Å². The minimum atomic E-state index is -0.807. The maximum atomic E-state index is 11.0. The van der Waals surface area contributed by atoms with E-state index in [0.29, 0.717) is 6.42 Å². The second-order valence-corrected chi connectivity index (χ2v) is 3.51. The monoisotopic (exact) mass is 196 g/mol. The molecule has 0 aliphatic heterocycles. The van der Waals surface area contributed by atoms with Gasteiger partial charge in [-0.25, -0.2) is 4.79 Å². The van der Waals surface area contributed by atoms with E-state index in [-0.39, 0.29) is 0 Å². The van der Waals surface area contributed by atoms with Crippen molar-refractivity contribution in [1.82, 2.24) is 9.78 Å². The molecule has 1 aromatic heterocycles. The fraction of sp³-hybridized carbons (Fsp3) is 0.600. The SMILES string of the molecule is CCC[C@H](C(=O)O)n1nc(C)cc1C. The summed E-state index contributed by atoms with van der Waals surface area (Å²) in [6, 6.07) is 1.37. The number of carbonyl (C=O) groups is 1. The van der Waals surface area contributed by atoms with Crippen LogP contribution in [-0.4, -0.2) is 20.9 Å². The van der Waals surface area contributed by atoms with Gasteiger partial charge in [0.1, 0.15) is 6.04 Å². The summed E-state index contributed by atoms with van der Waals surface area (Å²) in [6.07, 6.45) is 1.46. The molecule has 0 aromatic carbocycles. The first-order chi connectivity index (χ1) is 6.56. The van der Waals surface area contributed by atoms with Crippen LogP contribution in [0.1, 0.15) is 37.2 Å². The van der Waals surface area contributed by atoms with Crippen LogP contribution in [0.4, 0.5) is 0 Å². The highest BCUT2D eigenvalue weighted by molar-refractivity contribution is 5.71. The molecule has 0 unspecified atom stereocenters. The summed E-state index contributed by atoms with van der Waals surface area (Å²) in [6.45, 7) is 5.72. The predicted octanol–water partition coefficient (Wildman–Crippen LogP) is 1.93. The van der Waals surface area contributed by atoms with Crippen molar-refractivity contribution in [2.45, 2.75) is 39.7 Å². The maximum absolute atomic E-state index is 11.0. The first-order valence-electron chi connectivity index (χ1n) is 4.81. The van der Waals surface area contributed by atoms with E-state index in [1.54, 1.807) is 4.68 Å². The van der Waals surface area contributed by atoms with Crippen molar-refractivity contribution in [3.63, 3.8) is 0 Å². The molecule has 14 heavy (non-hydrogen) atoms. The van der Waals surface area contributed by atoms with Crippen molar-refractivity contribution in [2.75, 3.05) is 0 Å². The number of aromatic nitrogens is 2. The van der Waals surface area contributed by atoms with E-state index in [4.69, 9.17) is 5.11 Å². The van der Waals surface area contributed by atoms with Crippen molar-refractivity contribution in [1.29, 1.82) is 0 Å². The third-order valence-corrected chi connectivity index (χ3v) is 2.19. The summed E-state index contributed by atoms with van der Waals surface area (Å²) in [5.41, 5.74) is 1.77.